The van der Waals surface area contributed by atoms with Gasteiger partial charge in [0, 0.05) is 23.2 Å². The number of aryl methyl sites for hydroxylation is 2. The van der Waals surface area contributed by atoms with Crippen LogP contribution in [0.1, 0.15) is 13.8 Å². The molecule has 0 N–H and O–H groups in total. The number of nitrogens with zero attached hydrogens (tertiary/aromatic N) is 3. The van der Waals surface area contributed by atoms with Crippen molar-refractivity contribution in [3.05, 3.63) is 60.3 Å². The van der Waals surface area contributed by atoms with Crippen LogP contribution in [-0.4, -0.2) is 9.55 Å². The van der Waals surface area contributed by atoms with E-state index in [1.807, 2.05) is 52.0 Å². The van der Waals surface area contributed by atoms with Gasteiger partial charge in [-0.05, 0) is 26.0 Å². The number of halogens is 1. The molecule has 0 radical (unpaired) electrons. The Labute approximate surface area is 124 Å². The number of benzene rings is 1. The van der Waals surface area contributed by atoms with E-state index < -0.39 is 0 Å². The third-order valence-corrected chi connectivity index (χ3v) is 3.53. The monoisotopic (exact) mass is 288 g/mol. The first-order chi connectivity index (χ1) is 9.76. The van der Waals surface area contributed by atoms with Crippen molar-refractivity contribution < 1.29 is 4.57 Å². The molecule has 3 nitrogen and oxygen atoms in total. The minimum Gasteiger partial charge on any atom is -0.256 e. The number of pyridine rings is 1. The van der Waals surface area contributed by atoms with Crippen molar-refractivity contribution in [2.75, 3.05) is 0 Å². The predicted octanol–water partition coefficient (Wildman–Crippen LogP) is 3.70. The van der Waals surface area contributed by atoms with E-state index in [1.54, 1.807) is 0 Å². The first-order valence-electron chi connectivity index (χ1n) is 6.80. The molecule has 0 aliphatic heterocycles. The second-order valence-electron chi connectivity index (χ2n) is 4.34. The molecular weight excluding hydrogens is 270 g/mol. The van der Waals surface area contributed by atoms with Gasteiger partial charge in [0.2, 0.25) is 0 Å². The molecule has 0 saturated heterocycles. The third kappa shape index (κ3) is 3.36. The molecule has 0 spiro atoms. The summed E-state index contributed by atoms with van der Waals surface area (Å²) in [5.74, 6) is 0. The molecule has 104 valence electrons. The van der Waals surface area contributed by atoms with Gasteiger partial charge < -0.3 is 0 Å². The molecule has 3 rings (SSSR count). The van der Waals surface area contributed by atoms with Crippen LogP contribution in [0.25, 0.3) is 10.9 Å². The average Bonchev–Trinajstić information content (AvgIpc) is 2.88. The maximum atomic E-state index is 5.95. The van der Waals surface area contributed by atoms with Gasteiger partial charge in [0.05, 0.1) is 18.6 Å². The van der Waals surface area contributed by atoms with E-state index in [9.17, 15) is 0 Å². The molecular formula is C16H19ClN3+. The quantitative estimate of drug-likeness (QED) is 0.659. The lowest BCUT2D eigenvalue weighted by Gasteiger charge is -1.91. The summed E-state index contributed by atoms with van der Waals surface area (Å²) in [6, 6.07) is 12.1. The Balaban J connectivity index is 0.000000147. The first-order valence-corrected chi connectivity index (χ1v) is 7.18. The zero-order chi connectivity index (χ0) is 14.4. The van der Waals surface area contributed by atoms with Gasteiger partial charge in [0.1, 0.15) is 12.4 Å². The van der Waals surface area contributed by atoms with Gasteiger partial charge in [0.25, 0.3) is 0 Å². The van der Waals surface area contributed by atoms with Crippen LogP contribution >= 0.6 is 11.6 Å². The zero-order valence-corrected chi connectivity index (χ0v) is 12.6. The highest BCUT2D eigenvalue weighted by molar-refractivity contribution is 6.27. The van der Waals surface area contributed by atoms with Gasteiger partial charge in [-0.2, -0.15) is 0 Å². The minimum absolute atomic E-state index is 0.810. The number of hydrogen-bond donors (Lipinski definition) is 0. The molecule has 0 amide bonds. The second kappa shape index (κ2) is 7.06. The number of imidazole rings is 1. The number of hydrogen-bond acceptors (Lipinski definition) is 1. The zero-order valence-electron chi connectivity index (χ0n) is 11.8. The molecule has 0 aliphatic rings. The van der Waals surface area contributed by atoms with Gasteiger partial charge in [-0.15, -0.1) is 0 Å². The first kappa shape index (κ1) is 14.5. The van der Waals surface area contributed by atoms with Crippen molar-refractivity contribution in [1.29, 1.82) is 0 Å². The predicted molar refractivity (Wildman–Crippen MR) is 82.7 cm³/mol. The van der Waals surface area contributed by atoms with E-state index in [-0.39, 0.29) is 0 Å². The van der Waals surface area contributed by atoms with Crippen LogP contribution < -0.4 is 4.57 Å². The van der Waals surface area contributed by atoms with Crippen LogP contribution in [0.4, 0.5) is 0 Å². The van der Waals surface area contributed by atoms with Crippen molar-refractivity contribution in [3.63, 3.8) is 0 Å². The lowest BCUT2D eigenvalue weighted by Crippen LogP contribution is -2.31. The third-order valence-electron chi connectivity index (χ3n) is 3.09. The minimum atomic E-state index is 0.810. The van der Waals surface area contributed by atoms with E-state index >= 15 is 0 Å². The molecule has 0 unspecified atom stereocenters. The van der Waals surface area contributed by atoms with Crippen LogP contribution in [0, 0.1) is 0 Å². The number of fused-ring (bicyclic) bond motifs is 1. The smallest absolute Gasteiger partial charge is 0.256 e. The molecule has 4 heteroatoms. The van der Waals surface area contributed by atoms with Crippen molar-refractivity contribution in [1.82, 2.24) is 9.55 Å². The van der Waals surface area contributed by atoms with E-state index in [1.165, 1.54) is 5.39 Å². The number of aromatic nitrogens is 3. The van der Waals surface area contributed by atoms with Gasteiger partial charge in [0.15, 0.2) is 0 Å². The van der Waals surface area contributed by atoms with Crippen LogP contribution in [0.15, 0.2) is 55.0 Å². The van der Waals surface area contributed by atoms with Gasteiger partial charge in [-0.3, -0.25) is 4.98 Å². The van der Waals surface area contributed by atoms with Gasteiger partial charge >= 0.3 is 5.28 Å². The maximum absolute atomic E-state index is 5.95. The standard InChI is InChI=1S/C9H7N.C7H12ClN2/c1-2-6-9-8(4-1)5-3-7-10-9;1-3-9-5-6-10(4-2)7(9)8/h1-7H;5-6H,3-4H2,1-2H3/q;+1. The summed E-state index contributed by atoms with van der Waals surface area (Å²) in [5.41, 5.74) is 1.06. The summed E-state index contributed by atoms with van der Waals surface area (Å²) in [6.07, 6.45) is 5.79. The number of para-hydroxylation sites is 1. The fraction of sp³-hybridized carbons (Fsp3) is 0.250. The van der Waals surface area contributed by atoms with Crippen LogP contribution in [0.2, 0.25) is 5.28 Å². The normalized spacial score (nSPS) is 10.2. The summed E-state index contributed by atoms with van der Waals surface area (Å²) in [6.45, 7) is 6.02. The highest BCUT2D eigenvalue weighted by atomic mass is 35.5. The van der Waals surface area contributed by atoms with Crippen molar-refractivity contribution in [2.24, 2.45) is 0 Å². The van der Waals surface area contributed by atoms with E-state index in [0.717, 1.165) is 23.9 Å². The second-order valence-corrected chi connectivity index (χ2v) is 4.67. The topological polar surface area (TPSA) is 21.7 Å². The van der Waals surface area contributed by atoms with Gasteiger partial charge in [-0.25, -0.2) is 9.13 Å². The SMILES string of the molecule is CCn1cc[n+](CC)c1Cl.c1ccc2ncccc2c1. The highest BCUT2D eigenvalue weighted by Crippen LogP contribution is 2.07. The Morgan fingerprint density at radius 3 is 2.50 bits per heavy atom. The van der Waals surface area contributed by atoms with E-state index in [4.69, 9.17) is 11.6 Å². The van der Waals surface area contributed by atoms with Crippen molar-refractivity contribution in [2.45, 2.75) is 26.9 Å². The molecule has 2 aromatic heterocycles. The maximum Gasteiger partial charge on any atom is 0.354 e. The Morgan fingerprint density at radius 2 is 1.90 bits per heavy atom. The Morgan fingerprint density at radius 1 is 1.15 bits per heavy atom. The summed E-state index contributed by atoms with van der Waals surface area (Å²) < 4.78 is 4.01. The number of rotatable bonds is 2. The van der Waals surface area contributed by atoms with E-state index in [0.29, 0.717) is 0 Å². The lowest BCUT2D eigenvalue weighted by atomic mass is 10.2. The van der Waals surface area contributed by atoms with Crippen LogP contribution in [-0.2, 0) is 13.1 Å². The van der Waals surface area contributed by atoms with Crippen LogP contribution in [0.3, 0.4) is 0 Å². The lowest BCUT2D eigenvalue weighted by molar-refractivity contribution is -0.690. The molecule has 0 fully saturated rings. The van der Waals surface area contributed by atoms with Gasteiger partial charge in [-0.1, -0.05) is 24.3 Å². The van der Waals surface area contributed by atoms with E-state index in [2.05, 4.69) is 31.0 Å². The average molecular weight is 289 g/mol. The largest absolute Gasteiger partial charge is 0.354 e. The molecule has 0 bridgehead atoms. The Kier molecular flexibility index (Phi) is 5.13. The summed E-state index contributed by atoms with van der Waals surface area (Å²) in [4.78, 5) is 4.18. The summed E-state index contributed by atoms with van der Waals surface area (Å²) >= 11 is 5.95. The molecule has 2 heterocycles. The summed E-state index contributed by atoms with van der Waals surface area (Å²) in [7, 11) is 0. The Hall–Kier alpha value is -1.87. The molecule has 0 aliphatic carbocycles. The highest BCUT2D eigenvalue weighted by Gasteiger charge is 2.09. The van der Waals surface area contributed by atoms with Crippen molar-refractivity contribution in [3.8, 4) is 0 Å². The molecule has 0 atom stereocenters. The van der Waals surface area contributed by atoms with Crippen LogP contribution in [0.5, 0.6) is 0 Å². The van der Waals surface area contributed by atoms with Crippen molar-refractivity contribution >= 4 is 22.5 Å². The molecule has 1 aromatic carbocycles. The molecule has 3 aromatic rings. The summed E-state index contributed by atoms with van der Waals surface area (Å²) in [5, 5.41) is 2.01. The fourth-order valence-electron chi connectivity index (χ4n) is 1.94. The fourth-order valence-corrected chi connectivity index (χ4v) is 2.29. The molecule has 20 heavy (non-hydrogen) atoms. The molecule has 0 saturated carbocycles. The Bertz CT molecular complexity index is 589.